The molecule has 0 radical (unpaired) electrons. The van der Waals surface area contributed by atoms with Gasteiger partial charge < -0.3 is 20.8 Å². The van der Waals surface area contributed by atoms with E-state index < -0.39 is 28.7 Å². The summed E-state index contributed by atoms with van der Waals surface area (Å²) in [5.74, 6) is -0.317. The lowest BCUT2D eigenvalue weighted by Gasteiger charge is -2.43. The van der Waals surface area contributed by atoms with Gasteiger partial charge in [0, 0.05) is 25.7 Å². The topological polar surface area (TPSA) is 98.7 Å². The van der Waals surface area contributed by atoms with Crippen LogP contribution in [0.4, 0.5) is 0 Å². The summed E-state index contributed by atoms with van der Waals surface area (Å²) in [7, 11) is 0. The molecular formula is C48H62N2O4. The van der Waals surface area contributed by atoms with E-state index in [4.69, 9.17) is 0 Å². The Kier molecular flexibility index (Phi) is 14.3. The predicted molar refractivity (Wildman–Crippen MR) is 219 cm³/mol. The lowest BCUT2D eigenvalue weighted by Crippen LogP contribution is -2.63. The summed E-state index contributed by atoms with van der Waals surface area (Å²) in [6.45, 7) is 8.41. The van der Waals surface area contributed by atoms with E-state index in [1.165, 1.54) is 0 Å². The SMILES string of the molecule is CC(C)C[C@@H](NC(=O)C1(C(=O)N[C@H](CC(C)C)C(O)(Cc2ccccc2)Cc2ccccc2)CCCCC1)C(O)(Cc1ccccc1)Cc1ccccc1. The second-order valence-corrected chi connectivity index (χ2v) is 16.8. The zero-order valence-electron chi connectivity index (χ0n) is 32.8. The molecule has 4 aromatic carbocycles. The van der Waals surface area contributed by atoms with Gasteiger partial charge in [-0.1, -0.05) is 168 Å². The van der Waals surface area contributed by atoms with E-state index in [1.54, 1.807) is 0 Å². The third-order valence-electron chi connectivity index (χ3n) is 11.3. The van der Waals surface area contributed by atoms with Gasteiger partial charge in [-0.25, -0.2) is 0 Å². The summed E-state index contributed by atoms with van der Waals surface area (Å²) < 4.78 is 0. The van der Waals surface area contributed by atoms with E-state index in [0.717, 1.165) is 41.5 Å². The molecule has 6 nitrogen and oxygen atoms in total. The maximum absolute atomic E-state index is 15.0. The molecule has 0 bridgehead atoms. The van der Waals surface area contributed by atoms with Crippen LogP contribution in [-0.2, 0) is 35.3 Å². The van der Waals surface area contributed by atoms with Crippen LogP contribution in [0, 0.1) is 17.3 Å². The molecule has 0 aromatic heterocycles. The second-order valence-electron chi connectivity index (χ2n) is 16.8. The number of rotatable bonds is 18. The molecule has 0 aliphatic heterocycles. The molecule has 1 saturated carbocycles. The Balaban J connectivity index is 1.49. The lowest BCUT2D eigenvalue weighted by atomic mass is 9.70. The average Bonchev–Trinajstić information content (AvgIpc) is 3.15. The van der Waals surface area contributed by atoms with Crippen molar-refractivity contribution in [3.8, 4) is 0 Å². The highest BCUT2D eigenvalue weighted by molar-refractivity contribution is 6.05. The first-order chi connectivity index (χ1) is 25.9. The smallest absolute Gasteiger partial charge is 0.236 e. The standard InChI is InChI=1S/C48H62N2O4/c1-36(2)30-42(47(53,32-38-20-10-5-11-21-38)33-39-22-12-6-13-23-39)49-44(51)46(28-18-9-19-29-46)45(52)50-43(31-37(3)4)48(54,34-40-24-14-7-15-25-40)35-41-26-16-8-17-27-41/h5-8,10-17,20-27,36-37,42-43,53-54H,9,18-19,28-35H2,1-4H3,(H,49,51)(H,50,52)/t42-,43-/m1/s1. The van der Waals surface area contributed by atoms with Crippen LogP contribution >= 0.6 is 0 Å². The van der Waals surface area contributed by atoms with Crippen molar-refractivity contribution in [3.63, 3.8) is 0 Å². The minimum absolute atomic E-state index is 0.172. The Bertz CT molecular complexity index is 1510. The lowest BCUT2D eigenvalue weighted by molar-refractivity contribution is -0.150. The van der Waals surface area contributed by atoms with Crippen molar-refractivity contribution < 1.29 is 19.8 Å². The van der Waals surface area contributed by atoms with Gasteiger partial charge >= 0.3 is 0 Å². The largest absolute Gasteiger partial charge is 0.387 e. The number of aliphatic hydroxyl groups is 2. The Morgan fingerprint density at radius 1 is 0.519 bits per heavy atom. The van der Waals surface area contributed by atoms with E-state index in [0.29, 0.717) is 51.4 Å². The summed E-state index contributed by atoms with van der Waals surface area (Å²) >= 11 is 0. The van der Waals surface area contributed by atoms with Crippen LogP contribution in [0.5, 0.6) is 0 Å². The second kappa shape index (κ2) is 18.9. The minimum atomic E-state index is -1.33. The van der Waals surface area contributed by atoms with Gasteiger partial charge in [0.2, 0.25) is 11.8 Å². The quantitative estimate of drug-likeness (QED) is 0.0773. The van der Waals surface area contributed by atoms with Crippen molar-refractivity contribution in [1.82, 2.24) is 10.6 Å². The molecule has 0 heterocycles. The third kappa shape index (κ3) is 10.9. The number of hydrogen-bond acceptors (Lipinski definition) is 4. The fourth-order valence-electron chi connectivity index (χ4n) is 8.49. The van der Waals surface area contributed by atoms with Crippen molar-refractivity contribution in [3.05, 3.63) is 144 Å². The Labute approximate surface area is 323 Å². The molecule has 1 fully saturated rings. The van der Waals surface area contributed by atoms with Crippen LogP contribution in [-0.4, -0.2) is 45.3 Å². The summed E-state index contributed by atoms with van der Waals surface area (Å²) in [6, 6.07) is 38.5. The molecule has 1 aliphatic carbocycles. The first kappa shape index (κ1) is 40.9. The van der Waals surface area contributed by atoms with Crippen LogP contribution in [0.1, 0.15) is 94.9 Å². The van der Waals surface area contributed by atoms with Crippen molar-refractivity contribution in [2.45, 2.75) is 122 Å². The van der Waals surface area contributed by atoms with Gasteiger partial charge in [-0.2, -0.15) is 0 Å². The normalized spacial score (nSPS) is 15.8. The van der Waals surface area contributed by atoms with Crippen LogP contribution in [0.3, 0.4) is 0 Å². The average molecular weight is 731 g/mol. The van der Waals surface area contributed by atoms with Crippen LogP contribution in [0.2, 0.25) is 0 Å². The summed E-state index contributed by atoms with van der Waals surface area (Å²) in [4.78, 5) is 30.0. The highest BCUT2D eigenvalue weighted by atomic mass is 16.3. The molecule has 0 spiro atoms. The number of amides is 2. The molecule has 0 unspecified atom stereocenters. The minimum Gasteiger partial charge on any atom is -0.387 e. The summed E-state index contributed by atoms with van der Waals surface area (Å²) in [6.07, 6.45) is 5.77. The van der Waals surface area contributed by atoms with Gasteiger partial charge in [0.1, 0.15) is 5.41 Å². The highest BCUT2D eigenvalue weighted by Crippen LogP contribution is 2.39. The number of benzene rings is 4. The van der Waals surface area contributed by atoms with Gasteiger partial charge in [-0.3, -0.25) is 9.59 Å². The van der Waals surface area contributed by atoms with Gasteiger partial charge in [-0.05, 0) is 59.8 Å². The van der Waals surface area contributed by atoms with E-state index in [2.05, 4.69) is 38.3 Å². The van der Waals surface area contributed by atoms with Gasteiger partial charge in [0.05, 0.1) is 23.3 Å². The Morgan fingerprint density at radius 2 is 0.796 bits per heavy atom. The monoisotopic (exact) mass is 730 g/mol. The maximum Gasteiger partial charge on any atom is 0.236 e. The predicted octanol–water partition coefficient (Wildman–Crippen LogP) is 8.43. The highest BCUT2D eigenvalue weighted by Gasteiger charge is 2.51. The van der Waals surface area contributed by atoms with E-state index in [-0.39, 0.29) is 23.7 Å². The molecule has 4 N–H and O–H groups in total. The Hall–Kier alpha value is -4.26. The Morgan fingerprint density at radius 3 is 1.06 bits per heavy atom. The number of carbonyl (C=O) groups is 2. The van der Waals surface area contributed by atoms with Crippen molar-refractivity contribution in [2.24, 2.45) is 17.3 Å². The van der Waals surface area contributed by atoms with Gasteiger partial charge in [-0.15, -0.1) is 0 Å². The van der Waals surface area contributed by atoms with Crippen LogP contribution < -0.4 is 10.6 Å². The number of nitrogens with one attached hydrogen (secondary N) is 2. The molecule has 1 aliphatic rings. The zero-order valence-corrected chi connectivity index (χ0v) is 32.8. The maximum atomic E-state index is 15.0. The molecule has 6 heteroatoms. The van der Waals surface area contributed by atoms with Gasteiger partial charge in [0.25, 0.3) is 0 Å². The fraction of sp³-hybridized carbons (Fsp3) is 0.458. The first-order valence-corrected chi connectivity index (χ1v) is 20.1. The molecule has 288 valence electrons. The first-order valence-electron chi connectivity index (χ1n) is 20.1. The van der Waals surface area contributed by atoms with Crippen molar-refractivity contribution in [1.29, 1.82) is 0 Å². The number of carbonyl (C=O) groups excluding carboxylic acids is 2. The van der Waals surface area contributed by atoms with Crippen molar-refractivity contribution >= 4 is 11.8 Å². The molecule has 0 saturated heterocycles. The molecule has 4 aromatic rings. The summed E-state index contributed by atoms with van der Waals surface area (Å²) in [5, 5.41) is 32.2. The molecule has 54 heavy (non-hydrogen) atoms. The fourth-order valence-corrected chi connectivity index (χ4v) is 8.49. The molecule has 2 amide bonds. The molecule has 5 rings (SSSR count). The van der Waals surface area contributed by atoms with Crippen LogP contribution in [0.15, 0.2) is 121 Å². The molecular weight excluding hydrogens is 669 g/mol. The van der Waals surface area contributed by atoms with E-state index in [1.807, 2.05) is 121 Å². The van der Waals surface area contributed by atoms with E-state index in [9.17, 15) is 19.8 Å². The number of hydrogen-bond donors (Lipinski definition) is 4. The van der Waals surface area contributed by atoms with Crippen LogP contribution in [0.25, 0.3) is 0 Å². The summed E-state index contributed by atoms with van der Waals surface area (Å²) in [5.41, 5.74) is -0.0350. The van der Waals surface area contributed by atoms with Gasteiger partial charge in [0.15, 0.2) is 0 Å². The molecule has 2 atom stereocenters. The van der Waals surface area contributed by atoms with E-state index >= 15 is 0 Å². The van der Waals surface area contributed by atoms with Crippen molar-refractivity contribution in [2.75, 3.05) is 0 Å². The third-order valence-corrected chi connectivity index (χ3v) is 11.3. The zero-order chi connectivity index (χ0) is 38.6.